The number of rotatable bonds is 8. The molecule has 0 atom stereocenters. The molecule has 5 rings (SSSR count). The van der Waals surface area contributed by atoms with Gasteiger partial charge >= 0.3 is 0 Å². The van der Waals surface area contributed by atoms with Gasteiger partial charge in [-0.25, -0.2) is 0 Å². The lowest BCUT2D eigenvalue weighted by molar-refractivity contribution is 0.211. The van der Waals surface area contributed by atoms with Crippen LogP contribution in [-0.2, 0) is 19.5 Å². The number of likely N-dealkylation sites (tertiary alicyclic amines) is 1. The summed E-state index contributed by atoms with van der Waals surface area (Å²) in [5.41, 5.74) is 4.18. The van der Waals surface area contributed by atoms with Gasteiger partial charge in [0, 0.05) is 51.9 Å². The second kappa shape index (κ2) is 11.0. The Morgan fingerprint density at radius 3 is 2.31 bits per heavy atom. The summed E-state index contributed by atoms with van der Waals surface area (Å²) in [6.07, 6.45) is 3.20. The molecule has 0 amide bonds. The number of fused-ring (bicyclic) bond motifs is 1. The van der Waals surface area contributed by atoms with Crippen molar-refractivity contribution in [3.63, 3.8) is 0 Å². The molecule has 0 saturated carbocycles. The summed E-state index contributed by atoms with van der Waals surface area (Å²) < 4.78 is 0. The summed E-state index contributed by atoms with van der Waals surface area (Å²) in [5.74, 6) is 2.25. The molecule has 7 heteroatoms. The molecule has 2 aromatic carbocycles. The van der Waals surface area contributed by atoms with Gasteiger partial charge in [-0.05, 0) is 49.8 Å². The van der Waals surface area contributed by atoms with Gasteiger partial charge in [0.05, 0.1) is 0 Å². The molecule has 1 saturated heterocycles. The van der Waals surface area contributed by atoms with Crippen molar-refractivity contribution in [2.45, 2.75) is 52.2 Å². The average Bonchev–Trinajstić information content (AvgIpc) is 2.91. The largest absolute Gasteiger partial charge is 0.351 e. The van der Waals surface area contributed by atoms with Crippen LogP contribution in [0.2, 0.25) is 0 Å². The van der Waals surface area contributed by atoms with E-state index in [9.17, 15) is 0 Å². The van der Waals surface area contributed by atoms with Gasteiger partial charge in [0.1, 0.15) is 0 Å². The summed E-state index contributed by atoms with van der Waals surface area (Å²) >= 11 is 0. The normalized spacial score (nSPS) is 16.7. The van der Waals surface area contributed by atoms with E-state index in [4.69, 9.17) is 15.0 Å². The summed E-state index contributed by atoms with van der Waals surface area (Å²) in [4.78, 5) is 21.7. The molecule has 0 radical (unpaired) electrons. The van der Waals surface area contributed by atoms with Gasteiger partial charge in [-0.1, -0.05) is 54.6 Å². The number of anilines is 3. The van der Waals surface area contributed by atoms with Crippen LogP contribution < -0.4 is 15.1 Å². The van der Waals surface area contributed by atoms with Crippen LogP contribution in [0.4, 0.5) is 17.8 Å². The fourth-order valence-corrected chi connectivity index (χ4v) is 5.13. The Kier molecular flexibility index (Phi) is 7.42. The van der Waals surface area contributed by atoms with Crippen LogP contribution in [0.25, 0.3) is 0 Å². The highest BCUT2D eigenvalue weighted by Gasteiger charge is 2.24. The second-order valence-electron chi connectivity index (χ2n) is 9.55. The fourth-order valence-electron chi connectivity index (χ4n) is 5.13. The lowest BCUT2D eigenvalue weighted by atomic mass is 10.0. The maximum absolute atomic E-state index is 4.91. The zero-order chi connectivity index (χ0) is 24.0. The molecule has 0 unspecified atom stereocenters. The van der Waals surface area contributed by atoms with E-state index in [0.717, 1.165) is 77.0 Å². The first-order valence-corrected chi connectivity index (χ1v) is 13.1. The van der Waals surface area contributed by atoms with Crippen LogP contribution in [0.1, 0.15) is 43.4 Å². The summed E-state index contributed by atoms with van der Waals surface area (Å²) in [7, 11) is 0. The highest BCUT2D eigenvalue weighted by atomic mass is 15.4. The molecule has 7 nitrogen and oxygen atoms in total. The number of benzene rings is 2. The maximum atomic E-state index is 4.91. The van der Waals surface area contributed by atoms with Crippen molar-refractivity contribution < 1.29 is 0 Å². The first-order valence-electron chi connectivity index (χ1n) is 13.1. The SMILES string of the molecule is CCN(CC)c1nc(NC2CCN(Cc3ccccc3)CC2)nc(N2CCc3ccccc3C2)n1. The Bertz CT molecular complexity index is 1090. The molecule has 1 N–H and O–H groups in total. The van der Waals surface area contributed by atoms with E-state index in [1.807, 2.05) is 0 Å². The molecule has 1 aromatic heterocycles. The standard InChI is InChI=1S/C28H37N7/c1-3-34(4-2)27-30-26(29-25-15-17-33(18-16-25)20-22-10-6-5-7-11-22)31-28(32-27)35-19-14-23-12-8-9-13-24(23)21-35/h5-13,25H,3-4,14-21H2,1-2H3,(H,29,30,31,32). The number of hydrogen-bond donors (Lipinski definition) is 1. The lowest BCUT2D eigenvalue weighted by Gasteiger charge is -2.33. The fraction of sp³-hybridized carbons (Fsp3) is 0.464. The van der Waals surface area contributed by atoms with Crippen molar-refractivity contribution >= 4 is 17.8 Å². The lowest BCUT2D eigenvalue weighted by Crippen LogP contribution is -2.39. The Hall–Kier alpha value is -3.19. The van der Waals surface area contributed by atoms with E-state index in [-0.39, 0.29) is 0 Å². The second-order valence-corrected chi connectivity index (χ2v) is 9.55. The predicted octanol–water partition coefficient (Wildman–Crippen LogP) is 4.36. The van der Waals surface area contributed by atoms with Crippen LogP contribution in [0, 0.1) is 0 Å². The Morgan fingerprint density at radius 1 is 0.857 bits per heavy atom. The van der Waals surface area contributed by atoms with E-state index >= 15 is 0 Å². The third-order valence-electron chi connectivity index (χ3n) is 7.24. The zero-order valence-electron chi connectivity index (χ0n) is 21.0. The molecule has 3 aromatic rings. The van der Waals surface area contributed by atoms with Crippen molar-refractivity contribution in [3.8, 4) is 0 Å². The van der Waals surface area contributed by atoms with Gasteiger partial charge in [0.25, 0.3) is 0 Å². The number of nitrogens with one attached hydrogen (secondary N) is 1. The Balaban J connectivity index is 1.29. The average molecular weight is 472 g/mol. The molecular formula is C28H37N7. The van der Waals surface area contributed by atoms with Crippen LogP contribution in [0.15, 0.2) is 54.6 Å². The van der Waals surface area contributed by atoms with Crippen molar-refractivity contribution in [2.75, 3.05) is 47.8 Å². The molecular weight excluding hydrogens is 434 g/mol. The molecule has 0 spiro atoms. The van der Waals surface area contributed by atoms with Gasteiger partial charge < -0.3 is 15.1 Å². The first kappa shape index (κ1) is 23.5. The number of hydrogen-bond acceptors (Lipinski definition) is 7. The first-order chi connectivity index (χ1) is 17.2. The van der Waals surface area contributed by atoms with Gasteiger partial charge in [-0.3, -0.25) is 4.90 Å². The van der Waals surface area contributed by atoms with Gasteiger partial charge in [-0.2, -0.15) is 15.0 Å². The van der Waals surface area contributed by atoms with Crippen LogP contribution in [0.5, 0.6) is 0 Å². The molecule has 0 aliphatic carbocycles. The number of nitrogens with zero attached hydrogens (tertiary/aromatic N) is 6. The van der Waals surface area contributed by atoms with Crippen molar-refractivity contribution in [3.05, 3.63) is 71.3 Å². The molecule has 1 fully saturated rings. The summed E-state index contributed by atoms with van der Waals surface area (Å²) in [6, 6.07) is 19.8. The van der Waals surface area contributed by atoms with Crippen LogP contribution in [-0.4, -0.2) is 58.6 Å². The van der Waals surface area contributed by atoms with E-state index < -0.39 is 0 Å². The minimum Gasteiger partial charge on any atom is -0.351 e. The monoisotopic (exact) mass is 471 g/mol. The molecule has 0 bridgehead atoms. The van der Waals surface area contributed by atoms with Crippen molar-refractivity contribution in [1.82, 2.24) is 19.9 Å². The smallest absolute Gasteiger partial charge is 0.232 e. The number of piperidine rings is 1. The van der Waals surface area contributed by atoms with Crippen molar-refractivity contribution in [1.29, 1.82) is 0 Å². The van der Waals surface area contributed by atoms with E-state index in [0.29, 0.717) is 12.0 Å². The highest BCUT2D eigenvalue weighted by Crippen LogP contribution is 2.25. The molecule has 3 heterocycles. The summed E-state index contributed by atoms with van der Waals surface area (Å²) in [6.45, 7) is 11.0. The zero-order valence-corrected chi connectivity index (χ0v) is 21.0. The van der Waals surface area contributed by atoms with Crippen LogP contribution >= 0.6 is 0 Å². The van der Waals surface area contributed by atoms with Gasteiger partial charge in [0.2, 0.25) is 17.8 Å². The molecule has 35 heavy (non-hydrogen) atoms. The van der Waals surface area contributed by atoms with Crippen LogP contribution in [0.3, 0.4) is 0 Å². The van der Waals surface area contributed by atoms with E-state index in [1.165, 1.54) is 16.7 Å². The van der Waals surface area contributed by atoms with E-state index in [1.54, 1.807) is 0 Å². The minimum atomic E-state index is 0.379. The van der Waals surface area contributed by atoms with Crippen molar-refractivity contribution in [2.24, 2.45) is 0 Å². The summed E-state index contributed by atoms with van der Waals surface area (Å²) in [5, 5.41) is 3.67. The Morgan fingerprint density at radius 2 is 1.57 bits per heavy atom. The topological polar surface area (TPSA) is 60.4 Å². The molecule has 2 aliphatic heterocycles. The third kappa shape index (κ3) is 5.73. The number of aromatic nitrogens is 3. The predicted molar refractivity (Wildman–Crippen MR) is 143 cm³/mol. The van der Waals surface area contributed by atoms with E-state index in [2.05, 4.69) is 88.5 Å². The van der Waals surface area contributed by atoms with Gasteiger partial charge in [0.15, 0.2) is 0 Å². The third-order valence-corrected chi connectivity index (χ3v) is 7.24. The quantitative estimate of drug-likeness (QED) is 0.524. The highest BCUT2D eigenvalue weighted by molar-refractivity contribution is 5.48. The molecule has 184 valence electrons. The van der Waals surface area contributed by atoms with Gasteiger partial charge in [-0.15, -0.1) is 0 Å². The minimum absolute atomic E-state index is 0.379. The maximum Gasteiger partial charge on any atom is 0.232 e. The Labute approximate surface area is 209 Å². The molecule has 2 aliphatic rings.